The first-order chi connectivity index (χ1) is 15.1. The largest absolute Gasteiger partial charge is 0.493 e. The summed E-state index contributed by atoms with van der Waals surface area (Å²) in [7, 11) is 0. The summed E-state index contributed by atoms with van der Waals surface area (Å²) in [6.45, 7) is 1.66. The Bertz CT molecular complexity index is 1200. The Morgan fingerprint density at radius 2 is 2.00 bits per heavy atom. The normalized spacial score (nSPS) is 18.4. The summed E-state index contributed by atoms with van der Waals surface area (Å²) in [5, 5.41) is 10.5. The summed E-state index contributed by atoms with van der Waals surface area (Å²) in [4.78, 5) is 11.4. The molecule has 0 radical (unpaired) electrons. The smallest absolute Gasteiger partial charge is 0.422 e. The van der Waals surface area contributed by atoms with Crippen molar-refractivity contribution in [3.63, 3.8) is 0 Å². The molecular formula is C22H18F5N3O2. The molecule has 1 aliphatic heterocycles. The molecule has 4 rings (SSSR count). The van der Waals surface area contributed by atoms with E-state index in [1.54, 1.807) is 24.3 Å². The maximum Gasteiger partial charge on any atom is 0.422 e. The van der Waals surface area contributed by atoms with Gasteiger partial charge in [0.05, 0.1) is 12.3 Å². The minimum Gasteiger partial charge on any atom is -0.493 e. The first-order valence-electron chi connectivity index (χ1n) is 9.76. The number of fused-ring (bicyclic) bond motifs is 2. The van der Waals surface area contributed by atoms with E-state index in [-0.39, 0.29) is 29.9 Å². The highest BCUT2D eigenvalue weighted by Gasteiger charge is 2.54. The van der Waals surface area contributed by atoms with Crippen molar-refractivity contribution < 1.29 is 31.8 Å². The number of aliphatic imine (C=N–C) groups is 1. The molecule has 3 aromatic rings. The molecule has 2 unspecified atom stereocenters. The molecule has 1 aliphatic rings. The van der Waals surface area contributed by atoms with Gasteiger partial charge >= 0.3 is 6.18 Å². The number of para-hydroxylation sites is 1. The number of hydrogen-bond acceptors (Lipinski definition) is 5. The van der Waals surface area contributed by atoms with Crippen LogP contribution in [0.25, 0.3) is 10.9 Å². The third kappa shape index (κ3) is 4.02. The van der Waals surface area contributed by atoms with Crippen molar-refractivity contribution in [2.45, 2.75) is 37.5 Å². The average molecular weight is 451 g/mol. The van der Waals surface area contributed by atoms with Crippen LogP contribution >= 0.6 is 0 Å². The van der Waals surface area contributed by atoms with Crippen LogP contribution < -0.4 is 4.74 Å². The second-order valence-electron chi connectivity index (χ2n) is 7.63. The Kier molecular flexibility index (Phi) is 5.58. The van der Waals surface area contributed by atoms with Crippen LogP contribution in [-0.4, -0.2) is 39.7 Å². The van der Waals surface area contributed by atoms with Gasteiger partial charge in [-0.15, -0.1) is 0 Å². The highest BCUT2D eigenvalue weighted by Crippen LogP contribution is 2.43. The predicted molar refractivity (Wildman–Crippen MR) is 107 cm³/mol. The molecule has 2 heterocycles. The quantitative estimate of drug-likeness (QED) is 0.439. The molecule has 0 amide bonds. The molecule has 2 atom stereocenters. The van der Waals surface area contributed by atoms with E-state index in [1.807, 2.05) is 0 Å². The Hall–Kier alpha value is -3.14. The summed E-state index contributed by atoms with van der Waals surface area (Å²) >= 11 is 0. The van der Waals surface area contributed by atoms with E-state index in [9.17, 15) is 27.1 Å². The van der Waals surface area contributed by atoms with Crippen molar-refractivity contribution in [2.75, 3.05) is 6.61 Å². The SMILES string of the molecule is Cc1ncc2c(N=CC(O)(CC3CCOc4ccccc43)C(F)(F)F)cc(F)c(F)c2n1. The fourth-order valence-corrected chi connectivity index (χ4v) is 3.73. The molecule has 1 aromatic heterocycles. The number of alkyl halides is 3. The maximum atomic E-state index is 14.1. The minimum atomic E-state index is -5.06. The zero-order chi connectivity index (χ0) is 23.1. The van der Waals surface area contributed by atoms with E-state index < -0.39 is 41.3 Å². The number of rotatable bonds is 4. The topological polar surface area (TPSA) is 67.6 Å². The molecule has 0 fully saturated rings. The highest BCUT2D eigenvalue weighted by molar-refractivity contribution is 5.92. The Balaban J connectivity index is 1.74. The summed E-state index contributed by atoms with van der Waals surface area (Å²) in [5.41, 5.74) is -3.49. The Labute approximate surface area is 179 Å². The van der Waals surface area contributed by atoms with Crippen LogP contribution in [-0.2, 0) is 0 Å². The van der Waals surface area contributed by atoms with Gasteiger partial charge in [0.2, 0.25) is 0 Å². The molecule has 2 aromatic carbocycles. The van der Waals surface area contributed by atoms with Gasteiger partial charge in [-0.2, -0.15) is 13.2 Å². The molecule has 0 spiro atoms. The van der Waals surface area contributed by atoms with Crippen molar-refractivity contribution in [1.82, 2.24) is 9.97 Å². The van der Waals surface area contributed by atoms with E-state index in [0.29, 0.717) is 23.6 Å². The van der Waals surface area contributed by atoms with Crippen LogP contribution in [0, 0.1) is 18.6 Å². The van der Waals surface area contributed by atoms with Crippen LogP contribution in [0.3, 0.4) is 0 Å². The zero-order valence-electron chi connectivity index (χ0n) is 16.8. The minimum absolute atomic E-state index is 0.0771. The number of aliphatic hydroxyl groups is 1. The van der Waals surface area contributed by atoms with E-state index in [2.05, 4.69) is 15.0 Å². The molecule has 0 saturated carbocycles. The Morgan fingerprint density at radius 3 is 2.75 bits per heavy atom. The number of nitrogens with zero attached hydrogens (tertiary/aromatic N) is 3. The second kappa shape index (κ2) is 8.09. The lowest BCUT2D eigenvalue weighted by Crippen LogP contribution is -2.48. The lowest BCUT2D eigenvalue weighted by molar-refractivity contribution is -0.232. The van der Waals surface area contributed by atoms with Gasteiger partial charge in [0.1, 0.15) is 17.1 Å². The first-order valence-corrected chi connectivity index (χ1v) is 9.76. The molecule has 168 valence electrons. The molecule has 10 heteroatoms. The average Bonchev–Trinajstić information content (AvgIpc) is 2.75. The number of benzene rings is 2. The van der Waals surface area contributed by atoms with Gasteiger partial charge in [-0.3, -0.25) is 4.99 Å². The van der Waals surface area contributed by atoms with Gasteiger partial charge in [-0.1, -0.05) is 18.2 Å². The number of halogens is 5. The van der Waals surface area contributed by atoms with Crippen LogP contribution in [0.2, 0.25) is 0 Å². The van der Waals surface area contributed by atoms with E-state index in [1.165, 1.54) is 6.92 Å². The molecule has 0 bridgehead atoms. The van der Waals surface area contributed by atoms with Crippen molar-refractivity contribution in [1.29, 1.82) is 0 Å². The number of hydrogen-bond donors (Lipinski definition) is 1. The predicted octanol–water partition coefficient (Wildman–Crippen LogP) is 5.17. The third-order valence-corrected chi connectivity index (χ3v) is 5.41. The van der Waals surface area contributed by atoms with Crippen molar-refractivity contribution >= 4 is 22.8 Å². The number of aromatic nitrogens is 2. The van der Waals surface area contributed by atoms with Crippen LogP contribution in [0.1, 0.15) is 30.1 Å². The van der Waals surface area contributed by atoms with Gasteiger partial charge in [-0.25, -0.2) is 18.7 Å². The van der Waals surface area contributed by atoms with Crippen molar-refractivity contribution in [3.8, 4) is 5.75 Å². The second-order valence-corrected chi connectivity index (χ2v) is 7.63. The summed E-state index contributed by atoms with van der Waals surface area (Å²) < 4.78 is 75.4. The first kappa shape index (κ1) is 22.1. The van der Waals surface area contributed by atoms with E-state index in [4.69, 9.17) is 4.74 Å². The molecule has 0 aliphatic carbocycles. The molecular weight excluding hydrogens is 433 g/mol. The molecule has 5 nitrogen and oxygen atoms in total. The summed E-state index contributed by atoms with van der Waals surface area (Å²) in [6.07, 6.45) is -4.03. The monoisotopic (exact) mass is 451 g/mol. The maximum absolute atomic E-state index is 14.1. The van der Waals surface area contributed by atoms with E-state index in [0.717, 1.165) is 6.20 Å². The molecule has 32 heavy (non-hydrogen) atoms. The molecule has 0 saturated heterocycles. The van der Waals surface area contributed by atoms with Gasteiger partial charge in [-0.05, 0) is 37.3 Å². The zero-order valence-corrected chi connectivity index (χ0v) is 16.8. The van der Waals surface area contributed by atoms with Crippen LogP contribution in [0.4, 0.5) is 27.6 Å². The number of ether oxygens (including phenoxy) is 1. The van der Waals surface area contributed by atoms with Gasteiger partial charge in [0.15, 0.2) is 17.2 Å². The van der Waals surface area contributed by atoms with Crippen molar-refractivity contribution in [2.24, 2.45) is 4.99 Å². The summed E-state index contributed by atoms with van der Waals surface area (Å²) in [6, 6.07) is 7.33. The fourth-order valence-electron chi connectivity index (χ4n) is 3.73. The Morgan fingerprint density at radius 1 is 1.25 bits per heavy atom. The van der Waals surface area contributed by atoms with E-state index >= 15 is 0 Å². The van der Waals surface area contributed by atoms with Gasteiger partial charge < -0.3 is 9.84 Å². The van der Waals surface area contributed by atoms with Crippen LogP contribution in [0.5, 0.6) is 5.75 Å². The lowest BCUT2D eigenvalue weighted by atomic mass is 9.82. The fraction of sp³-hybridized carbons (Fsp3) is 0.318. The standard InChI is InChI=1S/C22H18F5N3O2/c1-12-28-10-15-17(8-16(23)19(24)20(15)30-12)29-11-21(31,22(25,26)27)9-13-6-7-32-18-5-3-2-4-14(13)18/h2-5,8,10-11,13,31H,6-7,9H2,1H3. The van der Waals surface area contributed by atoms with Gasteiger partial charge in [0, 0.05) is 23.9 Å². The van der Waals surface area contributed by atoms with Gasteiger partial charge in [0.25, 0.3) is 0 Å². The highest BCUT2D eigenvalue weighted by atomic mass is 19.4. The number of aryl methyl sites for hydroxylation is 1. The summed E-state index contributed by atoms with van der Waals surface area (Å²) in [5.74, 6) is -2.61. The molecule has 1 N–H and O–H groups in total. The van der Waals surface area contributed by atoms with Crippen LogP contribution in [0.15, 0.2) is 41.5 Å². The lowest BCUT2D eigenvalue weighted by Gasteiger charge is -2.33. The van der Waals surface area contributed by atoms with Crippen molar-refractivity contribution in [3.05, 3.63) is 59.6 Å². The third-order valence-electron chi connectivity index (χ3n) is 5.41.